The van der Waals surface area contributed by atoms with E-state index < -0.39 is 0 Å². The Bertz CT molecular complexity index is 581. The molecule has 0 bridgehead atoms. The van der Waals surface area contributed by atoms with Gasteiger partial charge in [0.05, 0.1) is 16.9 Å². The van der Waals surface area contributed by atoms with E-state index in [1.165, 1.54) is 11.3 Å². The van der Waals surface area contributed by atoms with E-state index in [1.807, 2.05) is 37.3 Å². The number of para-hydroxylation sites is 1. The lowest BCUT2D eigenvalue weighted by Crippen LogP contribution is -1.81. The van der Waals surface area contributed by atoms with E-state index >= 15 is 0 Å². The molecule has 6 heteroatoms. The van der Waals surface area contributed by atoms with E-state index in [4.69, 9.17) is 5.53 Å². The standard InChI is InChI=1S/C11H9N5S/c1-8-14-10(11(17-8)15-16-12)7-13-9-5-3-2-4-6-9/h2-7H,1H3. The van der Waals surface area contributed by atoms with Crippen LogP contribution in [0.3, 0.4) is 0 Å². The van der Waals surface area contributed by atoms with Gasteiger partial charge in [0.2, 0.25) is 0 Å². The molecular weight excluding hydrogens is 234 g/mol. The maximum absolute atomic E-state index is 8.43. The molecule has 0 saturated heterocycles. The first-order chi connectivity index (χ1) is 8.29. The van der Waals surface area contributed by atoms with Gasteiger partial charge in [0.25, 0.3) is 0 Å². The van der Waals surface area contributed by atoms with Crippen LogP contribution in [-0.4, -0.2) is 11.2 Å². The predicted octanol–water partition coefficient (Wildman–Crippen LogP) is 4.14. The van der Waals surface area contributed by atoms with Crippen LogP contribution in [0.25, 0.3) is 10.4 Å². The first-order valence-corrected chi connectivity index (χ1v) is 5.73. The molecule has 0 N–H and O–H groups in total. The molecular formula is C11H9N5S. The fourth-order valence-electron chi connectivity index (χ4n) is 1.28. The fourth-order valence-corrected chi connectivity index (χ4v) is 1.98. The summed E-state index contributed by atoms with van der Waals surface area (Å²) in [7, 11) is 0. The molecule has 0 spiro atoms. The third kappa shape index (κ3) is 2.90. The zero-order valence-electron chi connectivity index (χ0n) is 9.11. The zero-order chi connectivity index (χ0) is 12.1. The summed E-state index contributed by atoms with van der Waals surface area (Å²) >= 11 is 1.35. The van der Waals surface area contributed by atoms with Crippen LogP contribution in [0, 0.1) is 6.92 Å². The second kappa shape index (κ2) is 5.25. The SMILES string of the molecule is Cc1nc(C=Nc2ccccc2)c(N=[N+]=[N-])s1. The normalized spacial score (nSPS) is 10.4. The van der Waals surface area contributed by atoms with Gasteiger partial charge in [-0.25, -0.2) is 4.98 Å². The summed E-state index contributed by atoms with van der Waals surface area (Å²) in [6.07, 6.45) is 1.61. The fraction of sp³-hybridized carbons (Fsp3) is 0.0909. The number of nitrogens with zero attached hydrogens (tertiary/aromatic N) is 5. The van der Waals surface area contributed by atoms with Crippen LogP contribution in [0.15, 0.2) is 40.4 Å². The smallest absolute Gasteiger partial charge is 0.119 e. The maximum atomic E-state index is 8.43. The monoisotopic (exact) mass is 243 g/mol. The van der Waals surface area contributed by atoms with E-state index in [0.717, 1.165) is 10.7 Å². The van der Waals surface area contributed by atoms with E-state index in [2.05, 4.69) is 20.0 Å². The van der Waals surface area contributed by atoms with Crippen molar-refractivity contribution in [3.63, 3.8) is 0 Å². The summed E-state index contributed by atoms with van der Waals surface area (Å²) in [6, 6.07) is 9.53. The van der Waals surface area contributed by atoms with Crippen molar-refractivity contribution in [2.24, 2.45) is 10.1 Å². The molecule has 1 aromatic heterocycles. The van der Waals surface area contributed by atoms with Gasteiger partial charge in [-0.3, -0.25) is 4.99 Å². The van der Waals surface area contributed by atoms with Gasteiger partial charge >= 0.3 is 0 Å². The summed E-state index contributed by atoms with van der Waals surface area (Å²) in [5, 5.41) is 4.98. The first-order valence-electron chi connectivity index (χ1n) is 4.91. The Hall–Kier alpha value is -2.17. The molecule has 1 heterocycles. The molecule has 0 saturated carbocycles. The van der Waals surface area contributed by atoms with Crippen molar-refractivity contribution < 1.29 is 0 Å². The molecule has 5 nitrogen and oxygen atoms in total. The van der Waals surface area contributed by atoms with Crippen molar-refractivity contribution in [2.45, 2.75) is 6.92 Å². The molecule has 2 rings (SSSR count). The summed E-state index contributed by atoms with van der Waals surface area (Å²) in [6.45, 7) is 1.86. The lowest BCUT2D eigenvalue weighted by molar-refractivity contribution is 1.27. The Labute approximate surface area is 102 Å². The number of azide groups is 1. The van der Waals surface area contributed by atoms with Gasteiger partial charge in [-0.05, 0) is 29.7 Å². The topological polar surface area (TPSA) is 74.0 Å². The Morgan fingerprint density at radius 3 is 2.82 bits per heavy atom. The second-order valence-corrected chi connectivity index (χ2v) is 4.39. The van der Waals surface area contributed by atoms with Crippen molar-refractivity contribution in [2.75, 3.05) is 0 Å². The van der Waals surface area contributed by atoms with Crippen LogP contribution in [0.4, 0.5) is 10.7 Å². The Balaban J connectivity index is 2.30. The van der Waals surface area contributed by atoms with Crippen molar-refractivity contribution in [3.8, 4) is 0 Å². The molecule has 0 fully saturated rings. The number of aryl methyl sites for hydroxylation is 1. The van der Waals surface area contributed by atoms with E-state index in [0.29, 0.717) is 10.7 Å². The molecule has 1 aromatic carbocycles. The Morgan fingerprint density at radius 1 is 1.35 bits per heavy atom. The Morgan fingerprint density at radius 2 is 2.12 bits per heavy atom. The molecule has 17 heavy (non-hydrogen) atoms. The van der Waals surface area contributed by atoms with Crippen molar-refractivity contribution in [1.29, 1.82) is 0 Å². The minimum Gasteiger partial charge on any atom is -0.255 e. The van der Waals surface area contributed by atoms with Crippen LogP contribution < -0.4 is 0 Å². The first kappa shape index (κ1) is 11.3. The minimum atomic E-state index is 0.546. The number of aliphatic imine (C=N–C) groups is 1. The summed E-state index contributed by atoms with van der Waals surface area (Å²) in [4.78, 5) is 11.3. The van der Waals surface area contributed by atoms with Gasteiger partial charge < -0.3 is 0 Å². The van der Waals surface area contributed by atoms with Gasteiger partial charge in [-0.1, -0.05) is 18.2 Å². The highest BCUT2D eigenvalue weighted by atomic mass is 32.1. The molecule has 2 aromatic rings. The molecule has 0 atom stereocenters. The lowest BCUT2D eigenvalue weighted by Gasteiger charge is -1.90. The van der Waals surface area contributed by atoms with Gasteiger partial charge in [-0.2, -0.15) is 0 Å². The summed E-state index contributed by atoms with van der Waals surface area (Å²) in [5.74, 6) is 0. The summed E-state index contributed by atoms with van der Waals surface area (Å²) in [5.41, 5.74) is 9.88. The average Bonchev–Trinajstić information content (AvgIpc) is 2.69. The van der Waals surface area contributed by atoms with Crippen LogP contribution in [0.1, 0.15) is 10.7 Å². The molecule has 0 aliphatic heterocycles. The van der Waals surface area contributed by atoms with E-state index in [1.54, 1.807) is 6.21 Å². The van der Waals surface area contributed by atoms with Crippen molar-refractivity contribution in [1.82, 2.24) is 4.98 Å². The number of hydrogen-bond acceptors (Lipinski definition) is 4. The van der Waals surface area contributed by atoms with Gasteiger partial charge in [-0.15, -0.1) is 11.3 Å². The van der Waals surface area contributed by atoms with Gasteiger partial charge in [0.1, 0.15) is 10.7 Å². The number of rotatable bonds is 3. The molecule has 0 amide bonds. The number of thiazole rings is 1. The van der Waals surface area contributed by atoms with Crippen molar-refractivity contribution in [3.05, 3.63) is 51.5 Å². The highest BCUT2D eigenvalue weighted by Gasteiger charge is 2.04. The van der Waals surface area contributed by atoms with Crippen molar-refractivity contribution >= 4 is 28.2 Å². The molecule has 84 valence electrons. The third-order valence-electron chi connectivity index (χ3n) is 1.97. The maximum Gasteiger partial charge on any atom is 0.119 e. The molecule has 0 unspecified atom stereocenters. The lowest BCUT2D eigenvalue weighted by atomic mass is 10.3. The van der Waals surface area contributed by atoms with Gasteiger partial charge in [0, 0.05) is 4.91 Å². The van der Waals surface area contributed by atoms with Crippen LogP contribution in [0.5, 0.6) is 0 Å². The Kier molecular flexibility index (Phi) is 3.49. The van der Waals surface area contributed by atoms with E-state index in [9.17, 15) is 0 Å². The largest absolute Gasteiger partial charge is 0.255 e. The minimum absolute atomic E-state index is 0.546. The number of aromatic nitrogens is 1. The number of benzene rings is 1. The quantitative estimate of drug-likeness (QED) is 0.345. The van der Waals surface area contributed by atoms with Crippen LogP contribution in [-0.2, 0) is 0 Å². The third-order valence-corrected chi connectivity index (χ3v) is 2.84. The molecule has 0 aliphatic carbocycles. The summed E-state index contributed by atoms with van der Waals surface area (Å²) < 4.78 is 0. The van der Waals surface area contributed by atoms with Gasteiger partial charge in [0.15, 0.2) is 0 Å². The number of hydrogen-bond donors (Lipinski definition) is 0. The predicted molar refractivity (Wildman–Crippen MR) is 69.4 cm³/mol. The average molecular weight is 243 g/mol. The zero-order valence-corrected chi connectivity index (χ0v) is 9.92. The highest BCUT2D eigenvalue weighted by molar-refractivity contribution is 7.15. The van der Waals surface area contributed by atoms with Crippen LogP contribution in [0.2, 0.25) is 0 Å². The highest BCUT2D eigenvalue weighted by Crippen LogP contribution is 2.26. The molecule has 0 radical (unpaired) electrons. The molecule has 0 aliphatic rings. The van der Waals surface area contributed by atoms with E-state index in [-0.39, 0.29) is 0 Å². The second-order valence-electron chi connectivity index (χ2n) is 3.21. The van der Waals surface area contributed by atoms with Crippen LogP contribution >= 0.6 is 11.3 Å².